The van der Waals surface area contributed by atoms with E-state index in [1.54, 1.807) is 37.4 Å². The maximum Gasteiger partial charge on any atom is 0.251 e. The van der Waals surface area contributed by atoms with Gasteiger partial charge in [-0.2, -0.15) is 0 Å². The van der Waals surface area contributed by atoms with Crippen LogP contribution in [0.3, 0.4) is 0 Å². The van der Waals surface area contributed by atoms with Gasteiger partial charge >= 0.3 is 0 Å². The van der Waals surface area contributed by atoms with E-state index in [0.29, 0.717) is 11.1 Å². The topological polar surface area (TPSA) is 46.2 Å². The van der Waals surface area contributed by atoms with Gasteiger partial charge in [-0.3, -0.25) is 9.59 Å². The van der Waals surface area contributed by atoms with E-state index in [9.17, 15) is 9.59 Å². The summed E-state index contributed by atoms with van der Waals surface area (Å²) in [6, 6.07) is 14.6. The zero-order valence-corrected chi connectivity index (χ0v) is 12.1. The molecular weight excluding hydrogens is 262 g/mol. The number of ketones is 1. The van der Waals surface area contributed by atoms with Gasteiger partial charge in [-0.1, -0.05) is 42.0 Å². The van der Waals surface area contributed by atoms with Crippen LogP contribution in [-0.2, 0) is 0 Å². The van der Waals surface area contributed by atoms with Crippen molar-refractivity contribution in [2.75, 3.05) is 7.05 Å². The molecule has 2 rings (SSSR count). The molecule has 3 nitrogen and oxygen atoms in total. The number of carbonyl (C=O) groups is 2. The predicted octanol–water partition coefficient (Wildman–Crippen LogP) is 3.25. The van der Waals surface area contributed by atoms with Crippen LogP contribution in [-0.4, -0.2) is 18.7 Å². The average Bonchev–Trinajstić information content (AvgIpc) is 2.52. The van der Waals surface area contributed by atoms with Crippen molar-refractivity contribution in [3.05, 3.63) is 76.9 Å². The van der Waals surface area contributed by atoms with Crippen molar-refractivity contribution in [3.8, 4) is 0 Å². The Labute approximate surface area is 124 Å². The van der Waals surface area contributed by atoms with Gasteiger partial charge in [-0.15, -0.1) is 0 Å². The lowest BCUT2D eigenvalue weighted by Crippen LogP contribution is -2.17. The number of hydrogen-bond donors (Lipinski definition) is 1. The van der Waals surface area contributed by atoms with Gasteiger partial charge in [0.2, 0.25) is 0 Å². The maximum atomic E-state index is 12.0. The highest BCUT2D eigenvalue weighted by atomic mass is 16.1. The molecule has 0 saturated carbocycles. The molecule has 0 atom stereocenters. The fraction of sp³-hybridized carbons (Fsp3) is 0.111. The van der Waals surface area contributed by atoms with Gasteiger partial charge in [0.1, 0.15) is 0 Å². The second-order valence-electron chi connectivity index (χ2n) is 4.77. The third-order valence-corrected chi connectivity index (χ3v) is 3.13. The number of benzene rings is 2. The van der Waals surface area contributed by atoms with E-state index in [4.69, 9.17) is 0 Å². The lowest BCUT2D eigenvalue weighted by atomic mass is 10.1. The molecule has 1 N–H and O–H groups in total. The molecule has 0 unspecified atom stereocenters. The number of carbonyl (C=O) groups excluding carboxylic acids is 2. The fourth-order valence-electron chi connectivity index (χ4n) is 1.96. The maximum absolute atomic E-state index is 12.0. The van der Waals surface area contributed by atoms with Gasteiger partial charge in [0.15, 0.2) is 5.78 Å². The van der Waals surface area contributed by atoms with E-state index >= 15 is 0 Å². The third-order valence-electron chi connectivity index (χ3n) is 3.13. The van der Waals surface area contributed by atoms with E-state index in [0.717, 1.165) is 11.1 Å². The molecule has 106 valence electrons. The highest BCUT2D eigenvalue weighted by Gasteiger charge is 2.03. The molecule has 0 aromatic heterocycles. The molecular formula is C18H17NO2. The second-order valence-corrected chi connectivity index (χ2v) is 4.77. The first kappa shape index (κ1) is 14.7. The van der Waals surface area contributed by atoms with Crippen molar-refractivity contribution in [1.29, 1.82) is 0 Å². The summed E-state index contributed by atoms with van der Waals surface area (Å²) in [6.07, 6.45) is 3.29. The van der Waals surface area contributed by atoms with Crippen molar-refractivity contribution < 1.29 is 9.59 Å². The molecule has 0 spiro atoms. The van der Waals surface area contributed by atoms with Gasteiger partial charge in [0.05, 0.1) is 0 Å². The van der Waals surface area contributed by atoms with Crippen LogP contribution >= 0.6 is 0 Å². The Morgan fingerprint density at radius 2 is 1.71 bits per heavy atom. The van der Waals surface area contributed by atoms with Crippen LogP contribution in [0.2, 0.25) is 0 Å². The first-order chi connectivity index (χ1) is 10.1. The van der Waals surface area contributed by atoms with E-state index in [2.05, 4.69) is 5.32 Å². The van der Waals surface area contributed by atoms with Gasteiger partial charge in [-0.25, -0.2) is 0 Å². The van der Waals surface area contributed by atoms with Crippen LogP contribution in [0.4, 0.5) is 0 Å². The molecule has 0 radical (unpaired) electrons. The van der Waals surface area contributed by atoms with Crippen LogP contribution in [0.1, 0.15) is 31.8 Å². The number of nitrogens with one attached hydrogen (secondary N) is 1. The summed E-state index contributed by atoms with van der Waals surface area (Å²) < 4.78 is 0. The molecule has 1 amide bonds. The smallest absolute Gasteiger partial charge is 0.251 e. The van der Waals surface area contributed by atoms with E-state index in [1.807, 2.05) is 37.3 Å². The molecule has 0 bridgehead atoms. The van der Waals surface area contributed by atoms with Gasteiger partial charge < -0.3 is 5.32 Å². The largest absolute Gasteiger partial charge is 0.355 e. The summed E-state index contributed by atoms with van der Waals surface area (Å²) in [5.41, 5.74) is 3.21. The van der Waals surface area contributed by atoms with Crippen molar-refractivity contribution in [2.24, 2.45) is 0 Å². The minimum atomic E-state index is -0.124. The minimum absolute atomic E-state index is 0.0333. The number of allylic oxidation sites excluding steroid dienone is 1. The Hall–Kier alpha value is -2.68. The van der Waals surface area contributed by atoms with Crippen LogP contribution in [0.5, 0.6) is 0 Å². The molecule has 0 fully saturated rings. The van der Waals surface area contributed by atoms with Crippen LogP contribution in [0, 0.1) is 6.92 Å². The Morgan fingerprint density at radius 1 is 1.00 bits per heavy atom. The number of hydrogen-bond acceptors (Lipinski definition) is 2. The summed E-state index contributed by atoms with van der Waals surface area (Å²) in [5, 5.41) is 2.57. The zero-order valence-electron chi connectivity index (χ0n) is 12.1. The molecule has 0 aliphatic heterocycles. The summed E-state index contributed by atoms with van der Waals surface area (Å²) in [7, 11) is 1.59. The summed E-state index contributed by atoms with van der Waals surface area (Å²) in [4.78, 5) is 23.5. The van der Waals surface area contributed by atoms with Crippen molar-refractivity contribution in [1.82, 2.24) is 5.32 Å². The highest BCUT2D eigenvalue weighted by Crippen LogP contribution is 2.09. The Balaban J connectivity index is 2.10. The number of amides is 1. The van der Waals surface area contributed by atoms with Gasteiger partial charge in [0, 0.05) is 18.2 Å². The average molecular weight is 279 g/mol. The zero-order chi connectivity index (χ0) is 15.2. The Kier molecular flexibility index (Phi) is 4.67. The fourth-order valence-corrected chi connectivity index (χ4v) is 1.96. The van der Waals surface area contributed by atoms with Gasteiger partial charge in [0.25, 0.3) is 5.91 Å². The normalized spacial score (nSPS) is 10.6. The Bertz CT molecular complexity index is 685. The van der Waals surface area contributed by atoms with Crippen molar-refractivity contribution in [2.45, 2.75) is 6.92 Å². The molecule has 0 aliphatic carbocycles. The first-order valence-corrected chi connectivity index (χ1v) is 6.71. The lowest BCUT2D eigenvalue weighted by Gasteiger charge is -2.00. The van der Waals surface area contributed by atoms with E-state index in [1.165, 1.54) is 0 Å². The highest BCUT2D eigenvalue weighted by molar-refractivity contribution is 6.06. The predicted molar refractivity (Wildman–Crippen MR) is 84.4 cm³/mol. The molecule has 2 aromatic rings. The van der Waals surface area contributed by atoms with Crippen LogP contribution in [0.15, 0.2) is 54.6 Å². The monoisotopic (exact) mass is 279 g/mol. The summed E-state index contributed by atoms with van der Waals surface area (Å²) in [5.74, 6) is -0.157. The standard InChI is InChI=1S/C18H17NO2/c1-13-4-3-5-16(12-13)17(20)11-8-14-6-9-15(10-7-14)18(21)19-2/h3-12H,1-2H3,(H,19,21)/b11-8+. The number of rotatable bonds is 4. The van der Waals surface area contributed by atoms with Crippen LogP contribution in [0.25, 0.3) is 6.08 Å². The SMILES string of the molecule is CNC(=O)c1ccc(/C=C/C(=O)c2cccc(C)c2)cc1. The summed E-state index contributed by atoms with van der Waals surface area (Å²) in [6.45, 7) is 1.96. The number of aryl methyl sites for hydroxylation is 1. The minimum Gasteiger partial charge on any atom is -0.355 e. The molecule has 3 heteroatoms. The lowest BCUT2D eigenvalue weighted by molar-refractivity contribution is 0.0962. The second kappa shape index (κ2) is 6.66. The third kappa shape index (κ3) is 3.89. The van der Waals surface area contributed by atoms with E-state index < -0.39 is 0 Å². The van der Waals surface area contributed by atoms with Crippen LogP contribution < -0.4 is 5.32 Å². The quantitative estimate of drug-likeness (QED) is 0.689. The molecule has 0 heterocycles. The molecule has 2 aromatic carbocycles. The Morgan fingerprint density at radius 3 is 2.33 bits per heavy atom. The van der Waals surface area contributed by atoms with Crippen molar-refractivity contribution in [3.63, 3.8) is 0 Å². The van der Waals surface area contributed by atoms with Gasteiger partial charge in [-0.05, 0) is 36.8 Å². The molecule has 21 heavy (non-hydrogen) atoms. The van der Waals surface area contributed by atoms with E-state index in [-0.39, 0.29) is 11.7 Å². The summed E-state index contributed by atoms with van der Waals surface area (Å²) >= 11 is 0. The first-order valence-electron chi connectivity index (χ1n) is 6.71. The molecule has 0 saturated heterocycles. The molecule has 0 aliphatic rings. The van der Waals surface area contributed by atoms with Crippen molar-refractivity contribution >= 4 is 17.8 Å².